The molecule has 10 nitrogen and oxygen atoms in total. The smallest absolute Gasteiger partial charge is 0.255 e. The Hall–Kier alpha value is -3.99. The largest absolute Gasteiger partial charge is 0.508 e. The Kier molecular flexibility index (Phi) is 5.57. The number of carbonyl (C=O) groups excluding carboxylic acids is 3. The summed E-state index contributed by atoms with van der Waals surface area (Å²) < 4.78 is 0. The lowest BCUT2D eigenvalue weighted by Gasteiger charge is -2.53. The molecule has 38 heavy (non-hydrogen) atoms. The Bertz CT molecular complexity index is 1470. The lowest BCUT2D eigenvalue weighted by molar-refractivity contribution is -0.159. The van der Waals surface area contributed by atoms with Crippen LogP contribution >= 0.6 is 0 Å². The summed E-state index contributed by atoms with van der Waals surface area (Å²) >= 11 is 0. The second kappa shape index (κ2) is 8.26. The molecule has 0 aromatic heterocycles. The molecule has 1 saturated carbocycles. The van der Waals surface area contributed by atoms with Crippen molar-refractivity contribution in [2.24, 2.45) is 17.6 Å². The van der Waals surface area contributed by atoms with Gasteiger partial charge in [-0.25, -0.2) is 0 Å². The van der Waals surface area contributed by atoms with Crippen LogP contribution in [0.15, 0.2) is 59.4 Å². The summed E-state index contributed by atoms with van der Waals surface area (Å²) in [6.45, 7) is 1.44. The second-order valence-corrected chi connectivity index (χ2v) is 10.5. The van der Waals surface area contributed by atoms with Gasteiger partial charge in [0.15, 0.2) is 11.4 Å². The van der Waals surface area contributed by atoms with Crippen molar-refractivity contribution >= 4 is 23.2 Å². The van der Waals surface area contributed by atoms with Crippen LogP contribution in [0, 0.1) is 11.8 Å². The number of aliphatic hydroxyl groups is 4. The van der Waals surface area contributed by atoms with Crippen molar-refractivity contribution in [2.75, 3.05) is 14.1 Å². The molecule has 1 amide bonds. The molecule has 5 rings (SSSR count). The van der Waals surface area contributed by atoms with Gasteiger partial charge < -0.3 is 31.3 Å². The van der Waals surface area contributed by atoms with E-state index in [9.17, 15) is 39.9 Å². The number of aliphatic hydroxyl groups excluding tert-OH is 2. The van der Waals surface area contributed by atoms with E-state index in [-0.39, 0.29) is 17.5 Å². The number of hydrogen-bond donors (Lipinski definition) is 6. The zero-order valence-corrected chi connectivity index (χ0v) is 21.0. The standard InChI is InChI=1S/C28H28N2O8/c1-27(37)14-11-15-21(30(2)3)23(33)19(26(29)36)25(35)28(15,38)24(34)17(14)22(32)18-16(31)10-9-13(20(18)27)12-7-5-4-6-8-12/h4-10,14-15,21,31-32,35,37-38H,11H2,1-3H3,(H2,29,36)/t14-,15-,21-,27+,28-/m0/s1. The molecule has 7 N–H and O–H groups in total. The van der Waals surface area contributed by atoms with E-state index in [2.05, 4.69) is 0 Å². The van der Waals surface area contributed by atoms with Gasteiger partial charge in [0.25, 0.3) is 5.91 Å². The number of primary amides is 1. The van der Waals surface area contributed by atoms with Gasteiger partial charge in [-0.2, -0.15) is 0 Å². The number of likely N-dealkylation sites (N-methyl/N-ethyl adjacent to an activating group) is 1. The second-order valence-electron chi connectivity index (χ2n) is 10.5. The van der Waals surface area contributed by atoms with Gasteiger partial charge in [-0.15, -0.1) is 0 Å². The number of rotatable bonds is 3. The average molecular weight is 521 g/mol. The Morgan fingerprint density at radius 3 is 2.24 bits per heavy atom. The van der Waals surface area contributed by atoms with Gasteiger partial charge in [-0.1, -0.05) is 36.4 Å². The van der Waals surface area contributed by atoms with Crippen molar-refractivity contribution in [3.8, 4) is 16.9 Å². The number of Topliss-reactive ketones (excluding diaryl/α,β-unsaturated/α-hetero) is 2. The molecule has 10 heteroatoms. The first-order valence-electron chi connectivity index (χ1n) is 12.0. The molecule has 0 aliphatic heterocycles. The number of benzene rings is 2. The Balaban J connectivity index is 1.83. The summed E-state index contributed by atoms with van der Waals surface area (Å²) in [6, 6.07) is 10.6. The molecular formula is C28H28N2O8. The van der Waals surface area contributed by atoms with Crippen LogP contribution in [0.2, 0.25) is 0 Å². The van der Waals surface area contributed by atoms with E-state index < -0.39 is 75.0 Å². The van der Waals surface area contributed by atoms with Crippen molar-refractivity contribution < 1.29 is 39.9 Å². The maximum atomic E-state index is 14.0. The van der Waals surface area contributed by atoms with Crippen molar-refractivity contribution in [1.29, 1.82) is 0 Å². The number of aromatic hydroxyl groups is 1. The topological polar surface area (TPSA) is 182 Å². The summed E-state index contributed by atoms with van der Waals surface area (Å²) in [7, 11) is 3.02. The van der Waals surface area contributed by atoms with Gasteiger partial charge in [-0.3, -0.25) is 19.3 Å². The monoisotopic (exact) mass is 520 g/mol. The van der Waals surface area contributed by atoms with E-state index >= 15 is 0 Å². The number of carbonyl (C=O) groups is 3. The van der Waals surface area contributed by atoms with Crippen molar-refractivity contribution in [1.82, 2.24) is 4.90 Å². The first kappa shape index (κ1) is 25.7. The number of nitrogens with zero attached hydrogens (tertiary/aromatic N) is 1. The molecule has 3 aliphatic carbocycles. The molecule has 0 saturated heterocycles. The van der Waals surface area contributed by atoms with Crippen molar-refractivity contribution in [3.05, 3.63) is 70.5 Å². The fraction of sp³-hybridized carbons (Fsp3) is 0.321. The average Bonchev–Trinajstić information content (AvgIpc) is 2.84. The molecule has 0 unspecified atom stereocenters. The summed E-state index contributed by atoms with van der Waals surface area (Å²) in [5.41, 5.74) is 0.536. The molecule has 198 valence electrons. The highest BCUT2D eigenvalue weighted by Gasteiger charge is 2.66. The zero-order valence-electron chi connectivity index (χ0n) is 21.0. The van der Waals surface area contributed by atoms with Gasteiger partial charge >= 0.3 is 0 Å². The van der Waals surface area contributed by atoms with Crippen LogP contribution in [0.3, 0.4) is 0 Å². The highest BCUT2D eigenvalue weighted by molar-refractivity contribution is 6.24. The molecule has 2 aromatic carbocycles. The molecule has 1 fully saturated rings. The number of phenols is 1. The molecule has 3 aliphatic rings. The Morgan fingerprint density at radius 1 is 1.03 bits per heavy atom. The van der Waals surface area contributed by atoms with E-state index in [0.717, 1.165) is 0 Å². The predicted octanol–water partition coefficient (Wildman–Crippen LogP) is 1.30. The van der Waals surface area contributed by atoms with Crippen LogP contribution in [0.4, 0.5) is 0 Å². The van der Waals surface area contributed by atoms with Crippen LogP contribution in [-0.2, 0) is 20.0 Å². The third-order valence-electron chi connectivity index (χ3n) is 8.21. The maximum Gasteiger partial charge on any atom is 0.255 e. The zero-order chi connectivity index (χ0) is 27.9. The van der Waals surface area contributed by atoms with Gasteiger partial charge in [0.05, 0.1) is 17.2 Å². The third-order valence-corrected chi connectivity index (χ3v) is 8.21. The lowest BCUT2D eigenvalue weighted by Crippen LogP contribution is -2.67. The van der Waals surface area contributed by atoms with E-state index in [4.69, 9.17) is 5.73 Å². The number of fused-ring (bicyclic) bond motifs is 3. The van der Waals surface area contributed by atoms with Gasteiger partial charge in [-0.05, 0) is 44.6 Å². The van der Waals surface area contributed by atoms with Crippen molar-refractivity contribution in [3.63, 3.8) is 0 Å². The normalized spacial score (nSPS) is 30.7. The van der Waals surface area contributed by atoms with E-state index in [1.165, 1.54) is 32.0 Å². The molecular weight excluding hydrogens is 492 g/mol. The molecule has 2 aromatic rings. The van der Waals surface area contributed by atoms with Crippen LogP contribution in [0.5, 0.6) is 5.75 Å². The fourth-order valence-corrected chi connectivity index (χ4v) is 6.49. The summed E-state index contributed by atoms with van der Waals surface area (Å²) in [6.07, 6.45) is -0.233. The summed E-state index contributed by atoms with van der Waals surface area (Å²) in [5.74, 6) is -8.08. The van der Waals surface area contributed by atoms with Crippen LogP contribution in [0.1, 0.15) is 24.5 Å². The number of nitrogens with two attached hydrogens (primary N) is 1. The Labute approximate surface area is 217 Å². The predicted molar refractivity (Wildman–Crippen MR) is 136 cm³/mol. The van der Waals surface area contributed by atoms with Gasteiger partial charge in [0.1, 0.15) is 22.8 Å². The van der Waals surface area contributed by atoms with Crippen LogP contribution in [-0.4, -0.2) is 73.6 Å². The van der Waals surface area contributed by atoms with E-state index in [1.54, 1.807) is 30.3 Å². The number of hydrogen-bond acceptors (Lipinski definition) is 9. The minimum absolute atomic E-state index is 0.175. The summed E-state index contributed by atoms with van der Waals surface area (Å²) in [5, 5.41) is 56.9. The minimum Gasteiger partial charge on any atom is -0.508 e. The van der Waals surface area contributed by atoms with Gasteiger partial charge in [0.2, 0.25) is 5.78 Å². The summed E-state index contributed by atoms with van der Waals surface area (Å²) in [4.78, 5) is 40.8. The SMILES string of the molecule is CN(C)[C@@H]1C(=O)C(C(N)=O)=C(O)[C@@]2(O)C(=O)C3=C(O)c4c(O)ccc(-c5ccccc5)c4[C@](C)(O)[C@H]3C[C@@H]12. The first-order chi connectivity index (χ1) is 17.8. The molecule has 5 atom stereocenters. The quantitative estimate of drug-likeness (QED) is 0.325. The molecule has 0 heterocycles. The minimum atomic E-state index is -2.78. The highest BCUT2D eigenvalue weighted by atomic mass is 16.3. The van der Waals surface area contributed by atoms with Crippen molar-refractivity contribution in [2.45, 2.75) is 30.6 Å². The van der Waals surface area contributed by atoms with Crippen LogP contribution < -0.4 is 5.73 Å². The van der Waals surface area contributed by atoms with E-state index in [0.29, 0.717) is 11.1 Å². The lowest BCUT2D eigenvalue weighted by atomic mass is 9.54. The maximum absolute atomic E-state index is 14.0. The van der Waals surface area contributed by atoms with E-state index in [1.807, 2.05) is 6.07 Å². The fourth-order valence-electron chi connectivity index (χ4n) is 6.49. The number of phenolic OH excluding ortho intramolecular Hbond substituents is 1. The number of amides is 1. The third kappa shape index (κ3) is 3.14. The first-order valence-corrected chi connectivity index (χ1v) is 12.0. The molecule has 0 bridgehead atoms. The molecule has 0 spiro atoms. The van der Waals surface area contributed by atoms with Gasteiger partial charge in [0, 0.05) is 23.0 Å². The highest BCUT2D eigenvalue weighted by Crippen LogP contribution is 2.58. The molecule has 0 radical (unpaired) electrons. The Morgan fingerprint density at radius 2 is 1.66 bits per heavy atom. The number of ketones is 2. The van der Waals surface area contributed by atoms with Crippen LogP contribution in [0.25, 0.3) is 16.9 Å².